The summed E-state index contributed by atoms with van der Waals surface area (Å²) in [5.41, 5.74) is -0.655. The van der Waals surface area contributed by atoms with E-state index < -0.39 is 23.7 Å². The lowest BCUT2D eigenvalue weighted by molar-refractivity contribution is -0.137. The lowest BCUT2D eigenvalue weighted by atomic mass is 10.1. The summed E-state index contributed by atoms with van der Waals surface area (Å²) in [6.45, 7) is 5.10. The Morgan fingerprint density at radius 2 is 2.10 bits per heavy atom. The number of carboxylic acid groups (broad SMARTS) is 1. The molecule has 110 valence electrons. The lowest BCUT2D eigenvalue weighted by Crippen LogP contribution is -2.36. The van der Waals surface area contributed by atoms with Crippen molar-refractivity contribution in [2.75, 3.05) is 0 Å². The summed E-state index contributed by atoms with van der Waals surface area (Å²) in [6, 6.07) is 1.95. The fourth-order valence-corrected chi connectivity index (χ4v) is 1.55. The van der Waals surface area contributed by atoms with E-state index in [1.165, 1.54) is 18.3 Å². The highest BCUT2D eigenvalue weighted by Crippen LogP contribution is 2.16. The first-order valence-corrected chi connectivity index (χ1v) is 6.07. The Hall–Kier alpha value is -2.31. The molecule has 1 aromatic heterocycles. The Morgan fingerprint density at radius 3 is 2.60 bits per heavy atom. The zero-order chi connectivity index (χ0) is 15.3. The standard InChI is InChI=1S/C13H18N2O5/c1-13(2,3)20-12(19)15-9(7-11(17)18)8-4-5-14-10(16)6-8/h4-6,9H,7H2,1-3H3,(H,14,16)(H,15,19)(H,17,18)/t9-/m0/s1. The van der Waals surface area contributed by atoms with Crippen LogP contribution in [0, 0.1) is 0 Å². The van der Waals surface area contributed by atoms with E-state index in [0.717, 1.165) is 0 Å². The maximum absolute atomic E-state index is 11.7. The van der Waals surface area contributed by atoms with Crippen molar-refractivity contribution in [1.82, 2.24) is 10.3 Å². The summed E-state index contributed by atoms with van der Waals surface area (Å²) in [4.78, 5) is 36.2. The normalized spacial score (nSPS) is 12.6. The number of carbonyl (C=O) groups excluding carboxylic acids is 1. The van der Waals surface area contributed by atoms with Gasteiger partial charge in [0.25, 0.3) is 0 Å². The molecule has 0 aliphatic heterocycles. The van der Waals surface area contributed by atoms with E-state index in [1.54, 1.807) is 20.8 Å². The van der Waals surface area contributed by atoms with Gasteiger partial charge in [0.15, 0.2) is 0 Å². The largest absolute Gasteiger partial charge is 0.481 e. The number of hydrogen-bond acceptors (Lipinski definition) is 4. The highest BCUT2D eigenvalue weighted by atomic mass is 16.6. The average molecular weight is 282 g/mol. The fraction of sp³-hybridized carbons (Fsp3) is 0.462. The van der Waals surface area contributed by atoms with E-state index >= 15 is 0 Å². The molecule has 0 spiro atoms. The molecule has 0 radical (unpaired) electrons. The molecule has 0 saturated heterocycles. The molecule has 1 atom stereocenters. The zero-order valence-electron chi connectivity index (χ0n) is 11.6. The third kappa shape index (κ3) is 5.55. The van der Waals surface area contributed by atoms with Crippen LogP contribution in [-0.4, -0.2) is 27.8 Å². The van der Waals surface area contributed by atoms with E-state index in [2.05, 4.69) is 10.3 Å². The van der Waals surface area contributed by atoms with Crippen LogP contribution in [0.15, 0.2) is 23.1 Å². The molecule has 3 N–H and O–H groups in total. The van der Waals surface area contributed by atoms with E-state index in [0.29, 0.717) is 5.56 Å². The molecule has 1 heterocycles. The molecule has 0 aliphatic rings. The van der Waals surface area contributed by atoms with Crippen LogP contribution in [0.3, 0.4) is 0 Å². The first-order chi connectivity index (χ1) is 9.17. The van der Waals surface area contributed by atoms with Crippen molar-refractivity contribution in [3.8, 4) is 0 Å². The molecule has 0 saturated carbocycles. The number of aliphatic carboxylic acids is 1. The molecule has 7 nitrogen and oxygen atoms in total. The van der Waals surface area contributed by atoms with E-state index in [4.69, 9.17) is 9.84 Å². The number of ether oxygens (including phenoxy) is 1. The van der Waals surface area contributed by atoms with Gasteiger partial charge in [-0.2, -0.15) is 0 Å². The first-order valence-electron chi connectivity index (χ1n) is 6.07. The maximum Gasteiger partial charge on any atom is 0.408 e. The highest BCUT2D eigenvalue weighted by Gasteiger charge is 2.22. The Labute approximate surface area is 116 Å². The topological polar surface area (TPSA) is 108 Å². The van der Waals surface area contributed by atoms with Gasteiger partial charge in [-0.25, -0.2) is 4.79 Å². The van der Waals surface area contributed by atoms with Gasteiger partial charge in [-0.3, -0.25) is 9.59 Å². The molecule has 0 aromatic carbocycles. The van der Waals surface area contributed by atoms with Crippen LogP contribution in [0.5, 0.6) is 0 Å². The lowest BCUT2D eigenvalue weighted by Gasteiger charge is -2.23. The summed E-state index contributed by atoms with van der Waals surface area (Å²) in [7, 11) is 0. The van der Waals surface area contributed by atoms with E-state index in [-0.39, 0.29) is 12.0 Å². The molecule has 1 aromatic rings. The molecule has 1 amide bonds. The second-order valence-electron chi connectivity index (χ2n) is 5.28. The van der Waals surface area contributed by atoms with Crippen molar-refractivity contribution in [2.45, 2.75) is 38.8 Å². The smallest absolute Gasteiger partial charge is 0.408 e. The summed E-state index contributed by atoms with van der Waals surface area (Å²) >= 11 is 0. The summed E-state index contributed by atoms with van der Waals surface area (Å²) in [5.74, 6) is -1.09. The van der Waals surface area contributed by atoms with Crippen LogP contribution in [0.4, 0.5) is 4.79 Å². The number of pyridine rings is 1. The Bertz CT molecular complexity index is 544. The summed E-state index contributed by atoms with van der Waals surface area (Å²) in [5, 5.41) is 11.3. The molecule has 0 fully saturated rings. The number of alkyl carbamates (subject to hydrolysis) is 1. The molecule has 7 heteroatoms. The van der Waals surface area contributed by atoms with Crippen LogP contribution in [-0.2, 0) is 9.53 Å². The minimum absolute atomic E-state index is 0.345. The number of nitrogens with one attached hydrogen (secondary N) is 2. The minimum Gasteiger partial charge on any atom is -0.481 e. The molecule has 1 rings (SSSR count). The monoisotopic (exact) mass is 282 g/mol. The van der Waals surface area contributed by atoms with Crippen molar-refractivity contribution < 1.29 is 19.4 Å². The number of aromatic amines is 1. The molecular formula is C13H18N2O5. The quantitative estimate of drug-likeness (QED) is 0.773. The van der Waals surface area contributed by atoms with Crippen molar-refractivity contribution in [3.63, 3.8) is 0 Å². The predicted octanol–water partition coefficient (Wildman–Crippen LogP) is 1.42. The third-order valence-electron chi connectivity index (χ3n) is 2.27. The Kier molecular flexibility index (Phi) is 4.90. The van der Waals surface area contributed by atoms with Crippen molar-refractivity contribution in [2.24, 2.45) is 0 Å². The van der Waals surface area contributed by atoms with Crippen LogP contribution in [0.25, 0.3) is 0 Å². The van der Waals surface area contributed by atoms with Crippen molar-refractivity contribution in [3.05, 3.63) is 34.2 Å². The minimum atomic E-state index is -1.09. The van der Waals surface area contributed by atoms with Gasteiger partial charge in [0.1, 0.15) is 5.60 Å². The van der Waals surface area contributed by atoms with Gasteiger partial charge in [-0.1, -0.05) is 0 Å². The molecule has 0 aliphatic carbocycles. The van der Waals surface area contributed by atoms with Gasteiger partial charge in [-0.05, 0) is 32.4 Å². The van der Waals surface area contributed by atoms with Gasteiger partial charge in [0.05, 0.1) is 12.5 Å². The summed E-state index contributed by atoms with van der Waals surface area (Å²) < 4.78 is 5.07. The number of rotatable bonds is 4. The van der Waals surface area contributed by atoms with Gasteiger partial charge >= 0.3 is 12.1 Å². The van der Waals surface area contributed by atoms with E-state index in [1.807, 2.05) is 0 Å². The predicted molar refractivity (Wildman–Crippen MR) is 71.4 cm³/mol. The van der Waals surface area contributed by atoms with Crippen LogP contribution < -0.4 is 10.9 Å². The Balaban J connectivity index is 2.88. The van der Waals surface area contributed by atoms with Crippen molar-refractivity contribution >= 4 is 12.1 Å². The Morgan fingerprint density at radius 1 is 1.45 bits per heavy atom. The number of carboxylic acids is 1. The molecule has 0 unspecified atom stereocenters. The van der Waals surface area contributed by atoms with Gasteiger partial charge in [-0.15, -0.1) is 0 Å². The average Bonchev–Trinajstić information content (AvgIpc) is 2.24. The van der Waals surface area contributed by atoms with E-state index in [9.17, 15) is 14.4 Å². The van der Waals surface area contributed by atoms with Crippen molar-refractivity contribution in [1.29, 1.82) is 0 Å². The summed E-state index contributed by atoms with van der Waals surface area (Å²) in [6.07, 6.45) is 0.315. The maximum atomic E-state index is 11.7. The molecule has 20 heavy (non-hydrogen) atoms. The number of amides is 1. The first kappa shape index (κ1) is 15.7. The van der Waals surface area contributed by atoms with Gasteiger partial charge < -0.3 is 20.1 Å². The van der Waals surface area contributed by atoms with Gasteiger partial charge in [0.2, 0.25) is 5.56 Å². The second kappa shape index (κ2) is 6.23. The van der Waals surface area contributed by atoms with Crippen LogP contribution in [0.1, 0.15) is 38.8 Å². The molecular weight excluding hydrogens is 264 g/mol. The van der Waals surface area contributed by atoms with Gasteiger partial charge in [0, 0.05) is 12.3 Å². The number of carbonyl (C=O) groups is 2. The van der Waals surface area contributed by atoms with Crippen LogP contribution >= 0.6 is 0 Å². The van der Waals surface area contributed by atoms with Crippen LogP contribution in [0.2, 0.25) is 0 Å². The number of H-pyrrole nitrogens is 1. The zero-order valence-corrected chi connectivity index (χ0v) is 11.6. The number of aromatic nitrogens is 1. The highest BCUT2D eigenvalue weighted by molar-refractivity contribution is 5.72. The third-order valence-corrected chi connectivity index (χ3v) is 2.27. The molecule has 0 bridgehead atoms. The second-order valence-corrected chi connectivity index (χ2v) is 5.28. The number of hydrogen-bond donors (Lipinski definition) is 3. The SMILES string of the molecule is CC(C)(C)OC(=O)N[C@@H](CC(=O)O)c1cc[nH]c(=O)c1. The fourth-order valence-electron chi connectivity index (χ4n) is 1.55.